The molecule has 6 nitrogen and oxygen atoms in total. The topological polar surface area (TPSA) is 58.4 Å². The molecule has 1 aliphatic rings. The van der Waals surface area contributed by atoms with Gasteiger partial charge in [-0.05, 0) is 61.3 Å². The number of ether oxygens (including phenoxy) is 1. The van der Waals surface area contributed by atoms with E-state index in [4.69, 9.17) is 17.0 Å². The third-order valence-corrected chi connectivity index (χ3v) is 6.16. The van der Waals surface area contributed by atoms with Gasteiger partial charge in [-0.2, -0.15) is 14.9 Å². The number of hydrogen-bond acceptors (Lipinski definition) is 6. The minimum absolute atomic E-state index is 0.493. The van der Waals surface area contributed by atoms with Gasteiger partial charge in [0.15, 0.2) is 5.82 Å². The Morgan fingerprint density at radius 1 is 1.18 bits per heavy atom. The fraction of sp³-hybridized carbons (Fsp3) is 0.350. The first kappa shape index (κ1) is 18.9. The zero-order valence-corrected chi connectivity index (χ0v) is 17.4. The molecule has 4 rings (SSSR count). The molecule has 3 heterocycles. The molecule has 0 unspecified atom stereocenters. The molecule has 28 heavy (non-hydrogen) atoms. The number of piperidine rings is 1. The van der Waals surface area contributed by atoms with Gasteiger partial charge in [0, 0.05) is 24.4 Å². The molecule has 1 fully saturated rings. The van der Waals surface area contributed by atoms with Crippen molar-refractivity contribution in [2.24, 2.45) is 5.10 Å². The molecule has 1 aliphatic heterocycles. The fourth-order valence-electron chi connectivity index (χ4n) is 3.29. The van der Waals surface area contributed by atoms with E-state index in [1.54, 1.807) is 23.1 Å². The highest BCUT2D eigenvalue weighted by Gasteiger charge is 2.12. The van der Waals surface area contributed by atoms with Gasteiger partial charge in [0.05, 0.1) is 18.3 Å². The highest BCUT2D eigenvalue weighted by Crippen LogP contribution is 2.27. The standard InChI is InChI=1S/C20H23N5OS2/c1-26-16-7-5-15(6-8-16)13-18-22-23-20(27)25(18)21-14-17-9-10-19(28-17)24-11-3-2-4-12-24/h5-10,14H,2-4,11-13H2,1H3,(H,23,27)/b21-14-. The van der Waals surface area contributed by atoms with Gasteiger partial charge < -0.3 is 9.64 Å². The summed E-state index contributed by atoms with van der Waals surface area (Å²) in [5.74, 6) is 1.61. The molecule has 1 N–H and O–H groups in total. The summed E-state index contributed by atoms with van der Waals surface area (Å²) < 4.78 is 7.40. The molecule has 0 atom stereocenters. The van der Waals surface area contributed by atoms with E-state index < -0.39 is 0 Å². The van der Waals surface area contributed by atoms with Crippen molar-refractivity contribution in [1.82, 2.24) is 14.9 Å². The van der Waals surface area contributed by atoms with Gasteiger partial charge in [-0.3, -0.25) is 5.10 Å². The number of benzene rings is 1. The summed E-state index contributed by atoms with van der Waals surface area (Å²) in [5.41, 5.74) is 1.12. The number of nitrogens with one attached hydrogen (secondary N) is 1. The lowest BCUT2D eigenvalue weighted by Gasteiger charge is -2.27. The van der Waals surface area contributed by atoms with Crippen molar-refractivity contribution in [1.29, 1.82) is 0 Å². The molecule has 0 bridgehead atoms. The van der Waals surface area contributed by atoms with Crippen LogP contribution in [0.2, 0.25) is 0 Å². The summed E-state index contributed by atoms with van der Waals surface area (Å²) in [5, 5.41) is 13.1. The van der Waals surface area contributed by atoms with E-state index in [2.05, 4.69) is 32.3 Å². The van der Waals surface area contributed by atoms with Gasteiger partial charge in [-0.25, -0.2) is 0 Å². The zero-order chi connectivity index (χ0) is 19.3. The van der Waals surface area contributed by atoms with Crippen LogP contribution in [0.5, 0.6) is 5.75 Å². The minimum atomic E-state index is 0.493. The van der Waals surface area contributed by atoms with E-state index in [0.717, 1.165) is 35.1 Å². The van der Waals surface area contributed by atoms with Crippen molar-refractivity contribution in [3.63, 3.8) is 0 Å². The summed E-state index contributed by atoms with van der Waals surface area (Å²) >= 11 is 7.12. The van der Waals surface area contributed by atoms with Gasteiger partial charge in [0.2, 0.25) is 4.77 Å². The molecular weight excluding hydrogens is 390 g/mol. The van der Waals surface area contributed by atoms with Crippen molar-refractivity contribution in [3.8, 4) is 5.75 Å². The van der Waals surface area contributed by atoms with Crippen molar-refractivity contribution < 1.29 is 4.74 Å². The summed E-state index contributed by atoms with van der Waals surface area (Å²) in [6, 6.07) is 12.2. The second kappa shape index (κ2) is 8.70. The normalized spacial score (nSPS) is 14.7. The molecule has 3 aromatic rings. The molecule has 0 aliphatic carbocycles. The summed E-state index contributed by atoms with van der Waals surface area (Å²) in [6.07, 6.45) is 6.39. The number of H-pyrrole nitrogens is 1. The van der Waals surface area contributed by atoms with Crippen LogP contribution in [0.1, 0.15) is 35.5 Å². The predicted octanol–water partition coefficient (Wildman–Crippen LogP) is 4.47. The molecule has 0 spiro atoms. The maximum Gasteiger partial charge on any atom is 0.216 e. The van der Waals surface area contributed by atoms with Gasteiger partial charge in [0.1, 0.15) is 5.75 Å². The highest BCUT2D eigenvalue weighted by atomic mass is 32.1. The minimum Gasteiger partial charge on any atom is -0.497 e. The van der Waals surface area contributed by atoms with Crippen molar-refractivity contribution in [2.45, 2.75) is 25.7 Å². The Labute approximate surface area is 173 Å². The Bertz CT molecular complexity index is 996. The van der Waals surface area contributed by atoms with Crippen LogP contribution in [-0.2, 0) is 6.42 Å². The number of anilines is 1. The van der Waals surface area contributed by atoms with Crippen LogP contribution in [-0.4, -0.2) is 41.3 Å². The molecule has 0 radical (unpaired) electrons. The second-order valence-electron chi connectivity index (χ2n) is 6.75. The Hall–Kier alpha value is -2.45. The van der Waals surface area contributed by atoms with Crippen LogP contribution >= 0.6 is 23.6 Å². The molecular formula is C20H23N5OS2. The van der Waals surface area contributed by atoms with E-state index >= 15 is 0 Å². The fourth-order valence-corrected chi connectivity index (χ4v) is 4.42. The number of rotatable bonds is 6. The van der Waals surface area contributed by atoms with Crippen molar-refractivity contribution >= 4 is 34.8 Å². The Kier molecular flexibility index (Phi) is 5.87. The predicted molar refractivity (Wildman–Crippen MR) is 117 cm³/mol. The zero-order valence-electron chi connectivity index (χ0n) is 15.8. The van der Waals surface area contributed by atoms with Gasteiger partial charge in [-0.15, -0.1) is 11.3 Å². The molecule has 8 heteroatoms. The van der Waals surface area contributed by atoms with Crippen LogP contribution in [0.3, 0.4) is 0 Å². The Morgan fingerprint density at radius 3 is 2.71 bits per heavy atom. The summed E-state index contributed by atoms with van der Waals surface area (Å²) in [4.78, 5) is 3.57. The monoisotopic (exact) mass is 413 g/mol. The van der Waals surface area contributed by atoms with E-state index in [1.165, 1.54) is 24.3 Å². The van der Waals surface area contributed by atoms with E-state index in [9.17, 15) is 0 Å². The number of thiophene rings is 1. The number of aromatic amines is 1. The Balaban J connectivity index is 1.49. The largest absolute Gasteiger partial charge is 0.497 e. The third kappa shape index (κ3) is 4.34. The van der Waals surface area contributed by atoms with Crippen molar-refractivity contribution in [2.75, 3.05) is 25.1 Å². The number of methoxy groups -OCH3 is 1. The van der Waals surface area contributed by atoms with Crippen LogP contribution in [0.15, 0.2) is 41.5 Å². The lowest BCUT2D eigenvalue weighted by molar-refractivity contribution is 0.414. The second-order valence-corrected chi connectivity index (χ2v) is 8.23. The third-order valence-electron chi connectivity index (χ3n) is 4.82. The number of hydrogen-bond donors (Lipinski definition) is 1. The molecule has 0 saturated carbocycles. The van der Waals surface area contributed by atoms with Gasteiger partial charge >= 0.3 is 0 Å². The average molecular weight is 414 g/mol. The maximum absolute atomic E-state index is 5.36. The first-order valence-corrected chi connectivity index (χ1v) is 10.6. The maximum atomic E-state index is 5.36. The van der Waals surface area contributed by atoms with E-state index in [0.29, 0.717) is 11.2 Å². The smallest absolute Gasteiger partial charge is 0.216 e. The SMILES string of the molecule is COc1ccc(Cc2n[nH]c(=S)n2/N=C\c2ccc(N3CCCCC3)s2)cc1. The van der Waals surface area contributed by atoms with E-state index in [1.807, 2.05) is 30.5 Å². The molecule has 1 saturated heterocycles. The van der Waals surface area contributed by atoms with Gasteiger partial charge in [0.25, 0.3) is 0 Å². The highest BCUT2D eigenvalue weighted by molar-refractivity contribution is 7.71. The molecule has 2 aromatic heterocycles. The average Bonchev–Trinajstić information content (AvgIpc) is 3.35. The Morgan fingerprint density at radius 2 is 1.96 bits per heavy atom. The summed E-state index contributed by atoms with van der Waals surface area (Å²) in [7, 11) is 1.66. The number of nitrogens with zero attached hydrogens (tertiary/aromatic N) is 4. The van der Waals surface area contributed by atoms with Crippen molar-refractivity contribution in [3.05, 3.63) is 57.4 Å². The van der Waals surface area contributed by atoms with Crippen LogP contribution in [0, 0.1) is 4.77 Å². The van der Waals surface area contributed by atoms with Gasteiger partial charge in [-0.1, -0.05) is 12.1 Å². The summed E-state index contributed by atoms with van der Waals surface area (Å²) in [6.45, 7) is 2.30. The van der Waals surface area contributed by atoms with E-state index in [-0.39, 0.29) is 0 Å². The van der Waals surface area contributed by atoms with Crippen LogP contribution in [0.4, 0.5) is 5.00 Å². The van der Waals surface area contributed by atoms with Crippen LogP contribution in [0.25, 0.3) is 0 Å². The first-order chi connectivity index (χ1) is 13.7. The molecule has 1 aromatic carbocycles. The quantitative estimate of drug-likeness (QED) is 0.478. The lowest BCUT2D eigenvalue weighted by atomic mass is 10.1. The van der Waals surface area contributed by atoms with Crippen LogP contribution < -0.4 is 9.64 Å². The molecule has 146 valence electrons. The first-order valence-electron chi connectivity index (χ1n) is 9.41. The molecule has 0 amide bonds. The number of aromatic nitrogens is 3. The lowest BCUT2D eigenvalue weighted by Crippen LogP contribution is -2.28.